The van der Waals surface area contributed by atoms with E-state index >= 15 is 0 Å². The average molecular weight is 330 g/mol. The van der Waals surface area contributed by atoms with Crippen LogP contribution in [0.2, 0.25) is 0 Å². The molecule has 1 saturated heterocycles. The van der Waals surface area contributed by atoms with Crippen molar-refractivity contribution in [2.24, 2.45) is 5.92 Å². The molecule has 0 radical (unpaired) electrons. The fraction of sp³-hybridized carbons (Fsp3) is 0.579. The number of rotatable bonds is 4. The summed E-state index contributed by atoms with van der Waals surface area (Å²) in [5, 5.41) is 3.02. The van der Waals surface area contributed by atoms with Crippen molar-refractivity contribution < 1.29 is 14.3 Å². The topological polar surface area (TPSA) is 58.6 Å². The zero-order valence-electron chi connectivity index (χ0n) is 14.3. The minimum atomic E-state index is -0.205. The third-order valence-electron chi connectivity index (χ3n) is 5.30. The molecule has 0 spiro atoms. The van der Waals surface area contributed by atoms with Crippen LogP contribution in [0.15, 0.2) is 24.3 Å². The fourth-order valence-corrected chi connectivity index (χ4v) is 4.00. The summed E-state index contributed by atoms with van der Waals surface area (Å²) in [5.41, 5.74) is 1.87. The van der Waals surface area contributed by atoms with Gasteiger partial charge in [-0.05, 0) is 55.7 Å². The molecule has 1 saturated carbocycles. The Bertz CT molecular complexity index is 585. The van der Waals surface area contributed by atoms with Gasteiger partial charge in [-0.3, -0.25) is 4.79 Å². The molecule has 1 N–H and O–H groups in total. The highest BCUT2D eigenvalue weighted by molar-refractivity contribution is 5.89. The van der Waals surface area contributed by atoms with Crippen LogP contribution in [-0.2, 0) is 16.0 Å². The van der Waals surface area contributed by atoms with Gasteiger partial charge in [0.05, 0.1) is 7.11 Å². The van der Waals surface area contributed by atoms with Crippen molar-refractivity contribution in [2.45, 2.75) is 51.0 Å². The van der Waals surface area contributed by atoms with Crippen molar-refractivity contribution >= 4 is 17.7 Å². The molecule has 2 amide bonds. The monoisotopic (exact) mass is 330 g/mol. The van der Waals surface area contributed by atoms with Gasteiger partial charge in [-0.15, -0.1) is 0 Å². The third kappa shape index (κ3) is 3.89. The molecular weight excluding hydrogens is 304 g/mol. The van der Waals surface area contributed by atoms with Crippen LogP contribution in [0, 0.1) is 5.92 Å². The summed E-state index contributed by atoms with van der Waals surface area (Å²) >= 11 is 0. The van der Waals surface area contributed by atoms with Crippen molar-refractivity contribution in [3.05, 3.63) is 29.8 Å². The number of urea groups is 1. The number of benzene rings is 1. The Morgan fingerprint density at radius 3 is 2.67 bits per heavy atom. The van der Waals surface area contributed by atoms with E-state index in [9.17, 15) is 9.59 Å². The Hall–Kier alpha value is -2.04. The van der Waals surface area contributed by atoms with Gasteiger partial charge in [0.1, 0.15) is 0 Å². The molecule has 0 aromatic heterocycles. The number of hydrogen-bond acceptors (Lipinski definition) is 3. The smallest absolute Gasteiger partial charge is 0.322 e. The van der Waals surface area contributed by atoms with E-state index in [4.69, 9.17) is 0 Å². The molecule has 2 fully saturated rings. The van der Waals surface area contributed by atoms with E-state index in [1.54, 1.807) is 0 Å². The first kappa shape index (κ1) is 16.8. The van der Waals surface area contributed by atoms with Crippen LogP contribution in [0.1, 0.15) is 44.1 Å². The highest BCUT2D eigenvalue weighted by Crippen LogP contribution is 2.36. The number of piperidine rings is 1. The number of nitrogens with one attached hydrogen (secondary N) is 1. The normalized spacial score (nSPS) is 22.8. The number of nitrogens with zero attached hydrogens (tertiary/aromatic N) is 1. The van der Waals surface area contributed by atoms with Crippen LogP contribution in [0.3, 0.4) is 0 Å². The van der Waals surface area contributed by atoms with Crippen molar-refractivity contribution in [1.29, 1.82) is 0 Å². The number of aryl methyl sites for hydroxylation is 1. The Labute approximate surface area is 143 Å². The molecule has 1 aromatic carbocycles. The van der Waals surface area contributed by atoms with Crippen LogP contribution in [0.5, 0.6) is 0 Å². The number of methoxy groups -OCH3 is 1. The van der Waals surface area contributed by atoms with Gasteiger partial charge >= 0.3 is 12.0 Å². The number of likely N-dealkylation sites (tertiary alicyclic amines) is 1. The lowest BCUT2D eigenvalue weighted by molar-refractivity contribution is -0.140. The highest BCUT2D eigenvalue weighted by atomic mass is 16.5. The summed E-state index contributed by atoms with van der Waals surface area (Å²) < 4.78 is 4.65. The highest BCUT2D eigenvalue weighted by Gasteiger charge is 2.37. The summed E-state index contributed by atoms with van der Waals surface area (Å²) in [7, 11) is 1.40. The molecule has 1 heterocycles. The largest absolute Gasteiger partial charge is 0.469 e. The first-order chi connectivity index (χ1) is 11.7. The molecule has 0 unspecified atom stereocenters. The van der Waals surface area contributed by atoms with Gasteiger partial charge < -0.3 is 15.0 Å². The van der Waals surface area contributed by atoms with Crippen molar-refractivity contribution in [1.82, 2.24) is 4.90 Å². The second-order valence-corrected chi connectivity index (χ2v) is 6.80. The van der Waals surface area contributed by atoms with E-state index in [2.05, 4.69) is 10.1 Å². The quantitative estimate of drug-likeness (QED) is 0.858. The van der Waals surface area contributed by atoms with Gasteiger partial charge in [0, 0.05) is 24.7 Å². The predicted molar refractivity (Wildman–Crippen MR) is 92.9 cm³/mol. The van der Waals surface area contributed by atoms with Crippen LogP contribution in [0.25, 0.3) is 0 Å². The molecule has 1 aromatic rings. The van der Waals surface area contributed by atoms with Crippen LogP contribution in [0.4, 0.5) is 10.5 Å². The molecular formula is C19H26N2O3. The van der Waals surface area contributed by atoms with Crippen molar-refractivity contribution in [3.8, 4) is 0 Å². The van der Waals surface area contributed by atoms with E-state index in [0.29, 0.717) is 24.8 Å². The van der Waals surface area contributed by atoms with E-state index < -0.39 is 0 Å². The maximum atomic E-state index is 12.6. The summed E-state index contributed by atoms with van der Waals surface area (Å²) in [4.78, 5) is 25.8. The van der Waals surface area contributed by atoms with Crippen LogP contribution >= 0.6 is 0 Å². The number of amides is 2. The average Bonchev–Trinajstić information content (AvgIpc) is 3.09. The summed E-state index contributed by atoms with van der Waals surface area (Å²) in [5.74, 6) is 0.494. The van der Waals surface area contributed by atoms with Gasteiger partial charge in [-0.25, -0.2) is 4.79 Å². The minimum absolute atomic E-state index is 0.0221. The predicted octanol–water partition coefficient (Wildman–Crippen LogP) is 3.59. The lowest BCUT2D eigenvalue weighted by Crippen LogP contribution is -2.48. The van der Waals surface area contributed by atoms with E-state index in [-0.39, 0.29) is 12.0 Å². The first-order valence-electron chi connectivity index (χ1n) is 8.91. The fourth-order valence-electron chi connectivity index (χ4n) is 4.00. The van der Waals surface area contributed by atoms with Gasteiger partial charge in [0.2, 0.25) is 0 Å². The molecule has 1 aliphatic heterocycles. The first-order valence-corrected chi connectivity index (χ1v) is 8.91. The zero-order chi connectivity index (χ0) is 16.9. The Kier molecular flexibility index (Phi) is 5.38. The number of fused-ring (bicyclic) bond motifs is 1. The zero-order valence-corrected chi connectivity index (χ0v) is 14.3. The van der Waals surface area contributed by atoms with Crippen LogP contribution in [-0.4, -0.2) is 36.6 Å². The third-order valence-corrected chi connectivity index (χ3v) is 5.30. The van der Waals surface area contributed by atoms with Gasteiger partial charge in [-0.1, -0.05) is 18.6 Å². The molecule has 5 heteroatoms. The number of anilines is 1. The molecule has 1 aliphatic carbocycles. The van der Waals surface area contributed by atoms with Crippen molar-refractivity contribution in [2.75, 3.05) is 19.0 Å². The number of hydrogen-bond donors (Lipinski definition) is 1. The number of esters is 1. The molecule has 130 valence electrons. The summed E-state index contributed by atoms with van der Waals surface area (Å²) in [6.45, 7) is 0.865. The molecule has 2 atom stereocenters. The molecule has 0 bridgehead atoms. The molecule has 5 nitrogen and oxygen atoms in total. The van der Waals surface area contributed by atoms with Gasteiger partial charge in [0.15, 0.2) is 0 Å². The standard InChI is InChI=1S/C19H26N2O3/c1-24-18(22)12-9-14-7-10-16(11-8-14)20-19(23)21-13-3-5-15-4-2-6-17(15)21/h7-8,10-11,15,17H,2-6,9,12-13H2,1H3,(H,20,23)/t15-,17-/m1/s1. The maximum Gasteiger partial charge on any atom is 0.322 e. The van der Waals surface area contributed by atoms with Gasteiger partial charge in [-0.2, -0.15) is 0 Å². The van der Waals surface area contributed by atoms with E-state index in [1.807, 2.05) is 29.2 Å². The van der Waals surface area contributed by atoms with E-state index in [1.165, 1.54) is 26.4 Å². The Morgan fingerprint density at radius 2 is 1.92 bits per heavy atom. The summed E-state index contributed by atoms with van der Waals surface area (Å²) in [6, 6.07) is 8.16. The Balaban J connectivity index is 1.55. The molecule has 3 rings (SSSR count). The number of carbonyl (C=O) groups excluding carboxylic acids is 2. The lowest BCUT2D eigenvalue weighted by atomic mass is 9.92. The van der Waals surface area contributed by atoms with Gasteiger partial charge in [0.25, 0.3) is 0 Å². The van der Waals surface area contributed by atoms with Crippen LogP contribution < -0.4 is 5.32 Å². The number of ether oxygens (including phenoxy) is 1. The molecule has 24 heavy (non-hydrogen) atoms. The second kappa shape index (κ2) is 7.69. The molecule has 2 aliphatic rings. The lowest BCUT2D eigenvalue weighted by Gasteiger charge is -2.37. The SMILES string of the molecule is COC(=O)CCc1ccc(NC(=O)N2CCC[C@H]3CCC[C@H]32)cc1. The van der Waals surface area contributed by atoms with E-state index in [0.717, 1.165) is 30.6 Å². The maximum absolute atomic E-state index is 12.6. The minimum Gasteiger partial charge on any atom is -0.469 e. The second-order valence-electron chi connectivity index (χ2n) is 6.80. The van der Waals surface area contributed by atoms with Crippen molar-refractivity contribution in [3.63, 3.8) is 0 Å². The summed E-state index contributed by atoms with van der Waals surface area (Å²) in [6.07, 6.45) is 7.06. The Morgan fingerprint density at radius 1 is 1.17 bits per heavy atom. The number of carbonyl (C=O) groups is 2.